The average Bonchev–Trinajstić information content (AvgIpc) is 3.31. The van der Waals surface area contributed by atoms with E-state index in [1.54, 1.807) is 9.80 Å². The molecule has 0 aromatic heterocycles. The van der Waals surface area contributed by atoms with Crippen LogP contribution >= 0.6 is 0 Å². The topological polar surface area (TPSA) is 43.9 Å². The number of likely N-dealkylation sites (tertiary alicyclic amines) is 2. The van der Waals surface area contributed by atoms with E-state index in [0.29, 0.717) is 38.2 Å². The van der Waals surface area contributed by atoms with Crippen LogP contribution in [0.3, 0.4) is 0 Å². The second-order valence-electron chi connectivity index (χ2n) is 10.5. The van der Waals surface area contributed by atoms with Crippen molar-refractivity contribution in [1.82, 2.24) is 14.7 Å². The Labute approximate surface area is 223 Å². The van der Waals surface area contributed by atoms with E-state index in [2.05, 4.69) is 0 Å². The molecule has 11 heteroatoms. The van der Waals surface area contributed by atoms with E-state index >= 15 is 0 Å². The number of amides is 3. The van der Waals surface area contributed by atoms with Crippen molar-refractivity contribution in [3.63, 3.8) is 0 Å². The van der Waals surface area contributed by atoms with E-state index in [0.717, 1.165) is 11.1 Å². The van der Waals surface area contributed by atoms with Gasteiger partial charge in [-0.2, -0.15) is 26.3 Å². The van der Waals surface area contributed by atoms with E-state index in [1.165, 1.54) is 25.8 Å². The monoisotopic (exact) mass is 555 g/mol. The summed E-state index contributed by atoms with van der Waals surface area (Å²) < 4.78 is 80.7. The van der Waals surface area contributed by atoms with Crippen LogP contribution in [0.25, 0.3) is 0 Å². The van der Waals surface area contributed by atoms with Crippen LogP contribution in [0.15, 0.2) is 42.5 Å². The summed E-state index contributed by atoms with van der Waals surface area (Å²) in [4.78, 5) is 30.7. The molecule has 2 fully saturated rings. The molecule has 0 radical (unpaired) electrons. The normalized spacial score (nSPS) is 22.5. The molecule has 2 aliphatic heterocycles. The summed E-state index contributed by atoms with van der Waals surface area (Å²) in [5.41, 5.74) is -1.25. The molecule has 0 aliphatic carbocycles. The second-order valence-corrected chi connectivity index (χ2v) is 10.5. The Bertz CT molecular complexity index is 1210. The van der Waals surface area contributed by atoms with Gasteiger partial charge in [0.1, 0.15) is 0 Å². The smallest absolute Gasteiger partial charge is 0.342 e. The van der Waals surface area contributed by atoms with Gasteiger partial charge in [-0.1, -0.05) is 24.3 Å². The summed E-state index contributed by atoms with van der Waals surface area (Å²) in [6, 6.07) is 7.02. The lowest BCUT2D eigenvalue weighted by Gasteiger charge is -2.45. The number of nitrogens with zero attached hydrogens (tertiary/aromatic N) is 3. The minimum atomic E-state index is -4.98. The maximum atomic E-state index is 13.9. The molecule has 2 saturated heterocycles. The molecule has 0 bridgehead atoms. The number of carbonyl (C=O) groups excluding carboxylic acids is 2. The van der Waals surface area contributed by atoms with Crippen LogP contribution in [-0.2, 0) is 17.1 Å². The first-order chi connectivity index (χ1) is 18.1. The molecule has 3 amide bonds. The zero-order valence-corrected chi connectivity index (χ0v) is 22.1. The summed E-state index contributed by atoms with van der Waals surface area (Å²) >= 11 is 0. The number of hydrogen-bond acceptors (Lipinski definition) is 2. The van der Waals surface area contributed by atoms with Gasteiger partial charge in [0, 0.05) is 39.5 Å². The number of halogens is 6. The molecular weight excluding hydrogens is 524 g/mol. The number of fused-ring (bicyclic) bond motifs is 1. The van der Waals surface area contributed by atoms with Gasteiger partial charge in [0.15, 0.2) is 0 Å². The SMILES string of the molecule is CC(=O)N1CC2CCN(C(=O)N(C)[C@H](C)c3cc(C(F)(F)F)cc(C(F)(F)F)c3)[C@@H](c3ccccc3C)[C@@H]2C1. The third-order valence-corrected chi connectivity index (χ3v) is 8.15. The molecule has 212 valence electrons. The predicted molar refractivity (Wildman–Crippen MR) is 132 cm³/mol. The maximum Gasteiger partial charge on any atom is 0.416 e. The van der Waals surface area contributed by atoms with Gasteiger partial charge in [-0.3, -0.25) is 4.79 Å². The average molecular weight is 556 g/mol. The molecule has 0 N–H and O–H groups in total. The molecule has 0 saturated carbocycles. The lowest BCUT2D eigenvalue weighted by Crippen LogP contribution is -2.51. The molecular formula is C28H31F6N3O2. The summed E-state index contributed by atoms with van der Waals surface area (Å²) in [7, 11) is 1.39. The van der Waals surface area contributed by atoms with Crippen molar-refractivity contribution in [1.29, 1.82) is 0 Å². The first-order valence-corrected chi connectivity index (χ1v) is 12.7. The van der Waals surface area contributed by atoms with Crippen molar-refractivity contribution in [2.45, 2.75) is 51.6 Å². The fourth-order valence-corrected chi connectivity index (χ4v) is 5.84. The first-order valence-electron chi connectivity index (χ1n) is 12.7. The van der Waals surface area contributed by atoms with Gasteiger partial charge >= 0.3 is 18.4 Å². The molecule has 4 atom stereocenters. The van der Waals surface area contributed by atoms with Crippen LogP contribution in [0.5, 0.6) is 0 Å². The van der Waals surface area contributed by atoms with Crippen molar-refractivity contribution in [2.75, 3.05) is 26.7 Å². The van der Waals surface area contributed by atoms with E-state index in [1.807, 2.05) is 31.2 Å². The molecule has 2 aromatic carbocycles. The Hall–Kier alpha value is -3.24. The number of urea groups is 1. The second kappa shape index (κ2) is 10.4. The summed E-state index contributed by atoms with van der Waals surface area (Å²) in [6.45, 7) is 6.23. The minimum absolute atomic E-state index is 0.0539. The van der Waals surface area contributed by atoms with Crippen molar-refractivity contribution >= 4 is 11.9 Å². The zero-order chi connectivity index (χ0) is 28.9. The van der Waals surface area contributed by atoms with Gasteiger partial charge in [-0.25, -0.2) is 4.79 Å². The molecule has 0 spiro atoms. The summed E-state index contributed by atoms with van der Waals surface area (Å²) in [5.74, 6) is 0.0615. The quantitative estimate of drug-likeness (QED) is 0.397. The zero-order valence-electron chi connectivity index (χ0n) is 22.1. The van der Waals surface area contributed by atoms with Crippen molar-refractivity contribution < 1.29 is 35.9 Å². The highest BCUT2D eigenvalue weighted by Gasteiger charge is 2.47. The standard InChI is InChI=1S/C28H31F6N3O2/c1-16-7-5-6-8-23(16)25-24-15-36(18(3)38)14-19(24)9-10-37(25)26(39)35(4)17(2)20-11-21(27(29,30)31)13-22(12-20)28(32,33)34/h5-8,11-13,17,19,24-25H,9-10,14-15H2,1-4H3/t17-,19?,24-,25+/m1/s1. The fraction of sp³-hybridized carbons (Fsp3) is 0.500. The number of rotatable bonds is 3. The Kier molecular flexibility index (Phi) is 7.66. The third-order valence-electron chi connectivity index (χ3n) is 8.15. The minimum Gasteiger partial charge on any atom is -0.342 e. The van der Waals surface area contributed by atoms with Crippen LogP contribution in [0.4, 0.5) is 31.1 Å². The number of benzene rings is 2. The highest BCUT2D eigenvalue weighted by atomic mass is 19.4. The van der Waals surface area contributed by atoms with E-state index in [9.17, 15) is 35.9 Å². The molecule has 39 heavy (non-hydrogen) atoms. The van der Waals surface area contributed by atoms with E-state index in [4.69, 9.17) is 0 Å². The molecule has 5 nitrogen and oxygen atoms in total. The number of alkyl halides is 6. The Morgan fingerprint density at radius 2 is 1.56 bits per heavy atom. The van der Waals surface area contributed by atoms with Crippen LogP contribution in [-0.4, -0.2) is 53.3 Å². The van der Waals surface area contributed by atoms with E-state index < -0.39 is 41.6 Å². The molecule has 1 unspecified atom stereocenters. The maximum absolute atomic E-state index is 13.9. The van der Waals surface area contributed by atoms with Crippen molar-refractivity contribution in [2.24, 2.45) is 11.8 Å². The van der Waals surface area contributed by atoms with Crippen molar-refractivity contribution in [3.05, 3.63) is 70.3 Å². The van der Waals surface area contributed by atoms with E-state index in [-0.39, 0.29) is 29.4 Å². The first kappa shape index (κ1) is 28.8. The number of hydrogen-bond donors (Lipinski definition) is 0. The highest BCUT2D eigenvalue weighted by Crippen LogP contribution is 2.45. The molecule has 2 heterocycles. The van der Waals surface area contributed by atoms with Gasteiger partial charge in [-0.05, 0) is 61.1 Å². The van der Waals surface area contributed by atoms with Gasteiger partial charge < -0.3 is 14.7 Å². The number of carbonyl (C=O) groups is 2. The Morgan fingerprint density at radius 1 is 0.974 bits per heavy atom. The lowest BCUT2D eigenvalue weighted by atomic mass is 9.78. The molecule has 4 rings (SSSR count). The molecule has 2 aromatic rings. The largest absolute Gasteiger partial charge is 0.416 e. The Balaban J connectivity index is 1.69. The van der Waals surface area contributed by atoms with Gasteiger partial charge in [0.05, 0.1) is 23.2 Å². The number of aryl methyl sites for hydroxylation is 1. The number of piperidine rings is 1. The highest BCUT2D eigenvalue weighted by molar-refractivity contribution is 5.76. The van der Waals surface area contributed by atoms with Crippen LogP contribution in [0.1, 0.15) is 60.2 Å². The van der Waals surface area contributed by atoms with Crippen LogP contribution in [0.2, 0.25) is 0 Å². The summed E-state index contributed by atoms with van der Waals surface area (Å²) in [6.07, 6.45) is -9.34. The summed E-state index contributed by atoms with van der Waals surface area (Å²) in [5, 5.41) is 0. The van der Waals surface area contributed by atoms with Gasteiger partial charge in [0.25, 0.3) is 0 Å². The van der Waals surface area contributed by atoms with Crippen molar-refractivity contribution in [3.8, 4) is 0 Å². The third kappa shape index (κ3) is 5.72. The van der Waals surface area contributed by atoms with Gasteiger partial charge in [-0.15, -0.1) is 0 Å². The predicted octanol–water partition coefficient (Wildman–Crippen LogP) is 6.69. The van der Waals surface area contributed by atoms with Crippen LogP contribution < -0.4 is 0 Å². The lowest BCUT2D eigenvalue weighted by molar-refractivity contribution is -0.143. The van der Waals surface area contributed by atoms with Crippen LogP contribution in [0, 0.1) is 18.8 Å². The fourth-order valence-electron chi connectivity index (χ4n) is 5.84. The Morgan fingerprint density at radius 3 is 2.10 bits per heavy atom. The van der Waals surface area contributed by atoms with Gasteiger partial charge in [0.2, 0.25) is 5.91 Å². The molecule has 2 aliphatic rings.